The van der Waals surface area contributed by atoms with Crippen LogP contribution in [0.3, 0.4) is 0 Å². The second-order valence-electron chi connectivity index (χ2n) is 4.38. The standard InChI is InChI=1S/C14H12N2O2/c1-7-11(14(17)18)12-9-5-3-4-6-10(9)16-13(12)8(2)15-7/h3-6,16H,1-2H3,(H,17,18). The monoisotopic (exact) mass is 240 g/mol. The highest BCUT2D eigenvalue weighted by Crippen LogP contribution is 2.31. The van der Waals surface area contributed by atoms with E-state index in [1.54, 1.807) is 6.92 Å². The van der Waals surface area contributed by atoms with Crippen LogP contribution >= 0.6 is 0 Å². The molecule has 0 atom stereocenters. The fraction of sp³-hybridized carbons (Fsp3) is 0.143. The lowest BCUT2D eigenvalue weighted by Crippen LogP contribution is -2.04. The quantitative estimate of drug-likeness (QED) is 0.687. The summed E-state index contributed by atoms with van der Waals surface area (Å²) in [5.41, 5.74) is 3.40. The minimum atomic E-state index is -0.935. The molecule has 2 heterocycles. The number of aromatic nitrogens is 2. The Balaban J connectivity index is 2.64. The van der Waals surface area contributed by atoms with Gasteiger partial charge in [0.2, 0.25) is 0 Å². The zero-order valence-corrected chi connectivity index (χ0v) is 10.1. The number of hydrogen-bond acceptors (Lipinski definition) is 2. The minimum absolute atomic E-state index is 0.285. The van der Waals surface area contributed by atoms with Gasteiger partial charge in [0.1, 0.15) is 0 Å². The van der Waals surface area contributed by atoms with Crippen molar-refractivity contribution >= 4 is 27.8 Å². The van der Waals surface area contributed by atoms with Crippen molar-refractivity contribution in [2.75, 3.05) is 0 Å². The zero-order chi connectivity index (χ0) is 12.9. The molecule has 3 aromatic rings. The molecule has 2 N–H and O–H groups in total. The highest BCUT2D eigenvalue weighted by atomic mass is 16.4. The van der Waals surface area contributed by atoms with Crippen LogP contribution in [0, 0.1) is 13.8 Å². The number of carboxylic acids is 1. The Labute approximate surface area is 103 Å². The molecule has 0 saturated carbocycles. The topological polar surface area (TPSA) is 66.0 Å². The Hall–Kier alpha value is -2.36. The second kappa shape index (κ2) is 3.57. The van der Waals surface area contributed by atoms with Crippen LogP contribution in [0.1, 0.15) is 21.7 Å². The van der Waals surface area contributed by atoms with Gasteiger partial charge in [0.05, 0.1) is 22.5 Å². The van der Waals surface area contributed by atoms with Crippen molar-refractivity contribution in [3.8, 4) is 0 Å². The van der Waals surface area contributed by atoms with Crippen LogP contribution in [0.15, 0.2) is 24.3 Å². The third-order valence-electron chi connectivity index (χ3n) is 3.23. The molecule has 90 valence electrons. The van der Waals surface area contributed by atoms with Gasteiger partial charge >= 0.3 is 5.97 Å². The first kappa shape index (κ1) is 10.8. The smallest absolute Gasteiger partial charge is 0.338 e. The van der Waals surface area contributed by atoms with Crippen LogP contribution in [0.25, 0.3) is 21.8 Å². The zero-order valence-electron chi connectivity index (χ0n) is 10.1. The Bertz CT molecular complexity index is 787. The molecule has 0 aliphatic carbocycles. The molecule has 0 radical (unpaired) electrons. The molecule has 1 aromatic carbocycles. The van der Waals surface area contributed by atoms with Crippen LogP contribution in [0.2, 0.25) is 0 Å². The highest BCUT2D eigenvalue weighted by molar-refractivity contribution is 6.17. The van der Waals surface area contributed by atoms with Crippen molar-refractivity contribution in [1.29, 1.82) is 0 Å². The first-order valence-electron chi connectivity index (χ1n) is 5.70. The molecule has 4 nitrogen and oxygen atoms in total. The van der Waals surface area contributed by atoms with Crippen molar-refractivity contribution in [3.05, 3.63) is 41.2 Å². The number of H-pyrrole nitrogens is 1. The van der Waals surface area contributed by atoms with E-state index in [4.69, 9.17) is 0 Å². The van der Waals surface area contributed by atoms with E-state index in [0.29, 0.717) is 5.69 Å². The molecule has 0 aliphatic heterocycles. The summed E-state index contributed by atoms with van der Waals surface area (Å²) in [6, 6.07) is 7.70. The summed E-state index contributed by atoms with van der Waals surface area (Å²) in [6.07, 6.45) is 0. The number of aromatic amines is 1. The van der Waals surface area contributed by atoms with E-state index < -0.39 is 5.97 Å². The molecule has 0 amide bonds. The Kier molecular flexibility index (Phi) is 2.13. The van der Waals surface area contributed by atoms with Crippen LogP contribution in [0.5, 0.6) is 0 Å². The minimum Gasteiger partial charge on any atom is -0.478 e. The van der Waals surface area contributed by atoms with Crippen LogP contribution in [-0.4, -0.2) is 21.0 Å². The maximum atomic E-state index is 11.4. The van der Waals surface area contributed by atoms with Crippen molar-refractivity contribution in [2.45, 2.75) is 13.8 Å². The maximum absolute atomic E-state index is 11.4. The predicted molar refractivity (Wildman–Crippen MR) is 70.0 cm³/mol. The number of aryl methyl sites for hydroxylation is 2. The lowest BCUT2D eigenvalue weighted by atomic mass is 10.0. The van der Waals surface area contributed by atoms with Crippen LogP contribution in [-0.2, 0) is 0 Å². The fourth-order valence-corrected chi connectivity index (χ4v) is 2.48. The van der Waals surface area contributed by atoms with Crippen molar-refractivity contribution in [2.24, 2.45) is 0 Å². The lowest BCUT2D eigenvalue weighted by molar-refractivity contribution is 0.0698. The SMILES string of the molecule is Cc1nc(C)c2[nH]c3ccccc3c2c1C(=O)O. The average molecular weight is 240 g/mol. The van der Waals surface area contributed by atoms with Gasteiger partial charge in [0.25, 0.3) is 0 Å². The van der Waals surface area contributed by atoms with E-state index in [0.717, 1.165) is 27.5 Å². The summed E-state index contributed by atoms with van der Waals surface area (Å²) in [5, 5.41) is 11.1. The summed E-state index contributed by atoms with van der Waals surface area (Å²) < 4.78 is 0. The largest absolute Gasteiger partial charge is 0.478 e. The normalized spacial score (nSPS) is 11.2. The Morgan fingerprint density at radius 3 is 2.67 bits per heavy atom. The van der Waals surface area contributed by atoms with Crippen molar-refractivity contribution in [1.82, 2.24) is 9.97 Å². The molecule has 4 heteroatoms. The first-order valence-corrected chi connectivity index (χ1v) is 5.70. The van der Waals surface area contributed by atoms with Crippen molar-refractivity contribution in [3.63, 3.8) is 0 Å². The number of hydrogen-bond donors (Lipinski definition) is 2. The summed E-state index contributed by atoms with van der Waals surface area (Å²) in [7, 11) is 0. The number of nitrogens with one attached hydrogen (secondary N) is 1. The fourth-order valence-electron chi connectivity index (χ4n) is 2.48. The van der Waals surface area contributed by atoms with E-state index >= 15 is 0 Å². The Morgan fingerprint density at radius 2 is 1.94 bits per heavy atom. The number of aromatic carboxylic acids is 1. The lowest BCUT2D eigenvalue weighted by Gasteiger charge is -2.05. The molecular weight excluding hydrogens is 228 g/mol. The van der Waals surface area contributed by atoms with E-state index in [9.17, 15) is 9.90 Å². The van der Waals surface area contributed by atoms with Gasteiger partial charge in [-0.25, -0.2) is 4.79 Å². The van der Waals surface area contributed by atoms with E-state index in [-0.39, 0.29) is 5.56 Å². The van der Waals surface area contributed by atoms with E-state index in [1.165, 1.54) is 0 Å². The summed E-state index contributed by atoms with van der Waals surface area (Å²) in [6.45, 7) is 3.62. The number of fused-ring (bicyclic) bond motifs is 3. The molecule has 3 rings (SSSR count). The van der Waals surface area contributed by atoms with Gasteiger partial charge in [-0.3, -0.25) is 4.98 Å². The molecule has 0 saturated heterocycles. The first-order chi connectivity index (χ1) is 8.59. The molecule has 0 bridgehead atoms. The van der Waals surface area contributed by atoms with Gasteiger partial charge in [0.15, 0.2) is 0 Å². The number of carboxylic acid groups (broad SMARTS) is 1. The molecule has 0 spiro atoms. The number of carbonyl (C=O) groups is 1. The number of nitrogens with zero attached hydrogens (tertiary/aromatic N) is 1. The van der Waals surface area contributed by atoms with Crippen LogP contribution < -0.4 is 0 Å². The number of rotatable bonds is 1. The summed E-state index contributed by atoms with van der Waals surface area (Å²) >= 11 is 0. The molecule has 2 aromatic heterocycles. The summed E-state index contributed by atoms with van der Waals surface area (Å²) in [4.78, 5) is 19.0. The maximum Gasteiger partial charge on any atom is 0.338 e. The summed E-state index contributed by atoms with van der Waals surface area (Å²) in [5.74, 6) is -0.935. The molecule has 0 aliphatic rings. The average Bonchev–Trinajstić information content (AvgIpc) is 2.69. The molecule has 18 heavy (non-hydrogen) atoms. The van der Waals surface area contributed by atoms with Gasteiger partial charge in [-0.15, -0.1) is 0 Å². The van der Waals surface area contributed by atoms with Crippen LogP contribution in [0.4, 0.5) is 0 Å². The predicted octanol–water partition coefficient (Wildman–Crippen LogP) is 3.03. The number of benzene rings is 1. The van der Waals surface area contributed by atoms with E-state index in [1.807, 2.05) is 31.2 Å². The van der Waals surface area contributed by atoms with Gasteiger partial charge in [-0.2, -0.15) is 0 Å². The van der Waals surface area contributed by atoms with Gasteiger partial charge < -0.3 is 10.1 Å². The number of para-hydroxylation sites is 1. The van der Waals surface area contributed by atoms with Gasteiger partial charge in [-0.1, -0.05) is 18.2 Å². The third-order valence-corrected chi connectivity index (χ3v) is 3.23. The number of pyridine rings is 1. The molecule has 0 fully saturated rings. The third kappa shape index (κ3) is 1.32. The van der Waals surface area contributed by atoms with Gasteiger partial charge in [0, 0.05) is 16.3 Å². The Morgan fingerprint density at radius 1 is 1.22 bits per heavy atom. The van der Waals surface area contributed by atoms with Gasteiger partial charge in [-0.05, 0) is 19.9 Å². The highest BCUT2D eigenvalue weighted by Gasteiger charge is 2.18. The second-order valence-corrected chi connectivity index (χ2v) is 4.38. The molecule has 0 unspecified atom stereocenters. The van der Waals surface area contributed by atoms with E-state index in [2.05, 4.69) is 9.97 Å². The van der Waals surface area contributed by atoms with Crippen molar-refractivity contribution < 1.29 is 9.90 Å². The molecular formula is C14H12N2O2.